The summed E-state index contributed by atoms with van der Waals surface area (Å²) < 4.78 is 3.09. The highest BCUT2D eigenvalue weighted by Crippen LogP contribution is 2.21. The molecule has 0 aromatic carbocycles. The zero-order valence-electron chi connectivity index (χ0n) is 12.4. The van der Waals surface area contributed by atoms with Gasteiger partial charge in [-0.25, -0.2) is 14.3 Å². The molecular weight excluding hydrogens is 284 g/mol. The Kier molecular flexibility index (Phi) is 3.99. The number of amides is 1. The van der Waals surface area contributed by atoms with Gasteiger partial charge in [-0.2, -0.15) is 10.2 Å². The van der Waals surface area contributed by atoms with Crippen molar-refractivity contribution in [3.63, 3.8) is 0 Å². The summed E-state index contributed by atoms with van der Waals surface area (Å²) in [6, 6.07) is 3.02. The van der Waals surface area contributed by atoms with E-state index in [1.165, 1.54) is 23.1 Å². The summed E-state index contributed by atoms with van der Waals surface area (Å²) in [5.41, 5.74) is 0.110. The predicted octanol–water partition coefficient (Wildman–Crippen LogP) is 0.332. The first-order valence-electron chi connectivity index (χ1n) is 7.40. The number of hydrogen-bond acceptors (Lipinski definition) is 5. The Bertz CT molecular complexity index is 708. The Hall–Kier alpha value is -2.51. The lowest BCUT2D eigenvalue weighted by Crippen LogP contribution is -2.41. The zero-order valence-corrected chi connectivity index (χ0v) is 12.4. The molecule has 1 saturated heterocycles. The fourth-order valence-corrected chi connectivity index (χ4v) is 2.71. The average Bonchev–Trinajstić information content (AvgIpc) is 3.09. The molecule has 0 bridgehead atoms. The Labute approximate surface area is 127 Å². The molecule has 2 aromatic heterocycles. The molecule has 0 N–H and O–H groups in total. The van der Waals surface area contributed by atoms with Gasteiger partial charge >= 0.3 is 0 Å². The van der Waals surface area contributed by atoms with Gasteiger partial charge in [0.1, 0.15) is 18.3 Å². The molecule has 0 spiro atoms. The number of hydrogen-bond donors (Lipinski definition) is 0. The van der Waals surface area contributed by atoms with E-state index in [1.54, 1.807) is 15.9 Å². The van der Waals surface area contributed by atoms with Gasteiger partial charge in [0.05, 0.1) is 6.04 Å². The topological polar surface area (TPSA) is 85.9 Å². The van der Waals surface area contributed by atoms with E-state index in [0.717, 1.165) is 12.8 Å². The number of nitrogens with zero attached hydrogens (tertiary/aromatic N) is 6. The van der Waals surface area contributed by atoms with Gasteiger partial charge in [0, 0.05) is 25.7 Å². The van der Waals surface area contributed by atoms with Crippen molar-refractivity contribution >= 4 is 5.91 Å². The molecule has 3 heterocycles. The van der Waals surface area contributed by atoms with Crippen molar-refractivity contribution in [3.8, 4) is 0 Å². The molecule has 0 unspecified atom stereocenters. The second-order valence-corrected chi connectivity index (χ2v) is 5.30. The number of aryl methyl sites for hydroxylation is 1. The van der Waals surface area contributed by atoms with Gasteiger partial charge in [-0.3, -0.25) is 9.59 Å². The van der Waals surface area contributed by atoms with E-state index < -0.39 is 0 Å². The van der Waals surface area contributed by atoms with E-state index in [-0.39, 0.29) is 17.5 Å². The third-order valence-corrected chi connectivity index (χ3v) is 3.88. The lowest BCUT2D eigenvalue weighted by molar-refractivity contribution is 0.0664. The smallest absolute Gasteiger partial charge is 0.274 e. The van der Waals surface area contributed by atoms with Crippen LogP contribution in [0.25, 0.3) is 0 Å². The molecule has 0 aliphatic carbocycles. The van der Waals surface area contributed by atoms with E-state index in [9.17, 15) is 9.59 Å². The van der Waals surface area contributed by atoms with Gasteiger partial charge in [-0.05, 0) is 25.8 Å². The summed E-state index contributed by atoms with van der Waals surface area (Å²) >= 11 is 0. The summed E-state index contributed by atoms with van der Waals surface area (Å²) in [5, 5.41) is 8.28. The van der Waals surface area contributed by atoms with Gasteiger partial charge < -0.3 is 4.90 Å². The van der Waals surface area contributed by atoms with E-state index in [0.29, 0.717) is 25.3 Å². The maximum atomic E-state index is 12.6. The van der Waals surface area contributed by atoms with Crippen LogP contribution in [-0.4, -0.2) is 48.4 Å². The molecule has 1 atom stereocenters. The van der Waals surface area contributed by atoms with Crippen LogP contribution >= 0.6 is 0 Å². The maximum absolute atomic E-state index is 12.6. The third kappa shape index (κ3) is 2.76. The van der Waals surface area contributed by atoms with Crippen molar-refractivity contribution in [2.75, 3.05) is 13.1 Å². The molecule has 2 aromatic rings. The standard InChI is InChI=1S/C14H18N6O2/c1-2-19-13(21)6-5-12(17-19)14(22)18-7-3-4-11(8-18)20-10-15-9-16-20/h5-6,9-11H,2-4,7-8H2,1H3/t11-/m0/s1. The van der Waals surface area contributed by atoms with Crippen molar-refractivity contribution in [2.24, 2.45) is 0 Å². The predicted molar refractivity (Wildman–Crippen MR) is 78.4 cm³/mol. The third-order valence-electron chi connectivity index (χ3n) is 3.88. The first-order valence-corrected chi connectivity index (χ1v) is 7.40. The number of piperidine rings is 1. The first kappa shape index (κ1) is 14.4. The molecule has 0 radical (unpaired) electrons. The fraction of sp³-hybridized carbons (Fsp3) is 0.500. The summed E-state index contributed by atoms with van der Waals surface area (Å²) in [6.07, 6.45) is 5.05. The van der Waals surface area contributed by atoms with Crippen LogP contribution < -0.4 is 5.56 Å². The Balaban J connectivity index is 1.78. The monoisotopic (exact) mass is 302 g/mol. The van der Waals surface area contributed by atoms with E-state index in [2.05, 4.69) is 15.2 Å². The second kappa shape index (κ2) is 6.08. The van der Waals surface area contributed by atoms with Crippen LogP contribution in [0, 0.1) is 0 Å². The molecule has 0 saturated carbocycles. The summed E-state index contributed by atoms with van der Waals surface area (Å²) in [6.45, 7) is 3.54. The Morgan fingerprint density at radius 2 is 2.27 bits per heavy atom. The van der Waals surface area contributed by atoms with Crippen LogP contribution in [-0.2, 0) is 6.54 Å². The first-order chi connectivity index (χ1) is 10.7. The number of carbonyl (C=O) groups excluding carboxylic acids is 1. The zero-order chi connectivity index (χ0) is 15.5. The van der Waals surface area contributed by atoms with Crippen molar-refractivity contribution in [1.29, 1.82) is 0 Å². The van der Waals surface area contributed by atoms with Crippen molar-refractivity contribution < 1.29 is 4.79 Å². The minimum atomic E-state index is -0.196. The number of likely N-dealkylation sites (tertiary alicyclic amines) is 1. The largest absolute Gasteiger partial charge is 0.335 e. The van der Waals surface area contributed by atoms with E-state index in [4.69, 9.17) is 0 Å². The van der Waals surface area contributed by atoms with Crippen LogP contribution in [0.5, 0.6) is 0 Å². The molecule has 116 valence electrons. The van der Waals surface area contributed by atoms with Crippen molar-refractivity contribution in [1.82, 2.24) is 29.4 Å². The van der Waals surface area contributed by atoms with E-state index >= 15 is 0 Å². The highest BCUT2D eigenvalue weighted by molar-refractivity contribution is 5.92. The highest BCUT2D eigenvalue weighted by atomic mass is 16.2. The number of carbonyl (C=O) groups is 1. The normalized spacial score (nSPS) is 18.4. The molecule has 8 heteroatoms. The van der Waals surface area contributed by atoms with Crippen LogP contribution in [0.4, 0.5) is 0 Å². The van der Waals surface area contributed by atoms with Crippen LogP contribution in [0.15, 0.2) is 29.6 Å². The minimum Gasteiger partial charge on any atom is -0.335 e. The van der Waals surface area contributed by atoms with Crippen molar-refractivity contribution in [3.05, 3.63) is 40.8 Å². The fourth-order valence-electron chi connectivity index (χ4n) is 2.71. The molecule has 22 heavy (non-hydrogen) atoms. The molecule has 1 aliphatic heterocycles. The summed E-state index contributed by atoms with van der Waals surface area (Å²) in [4.78, 5) is 29.9. The molecule has 1 aliphatic rings. The van der Waals surface area contributed by atoms with Crippen LogP contribution in [0.1, 0.15) is 36.3 Å². The summed E-state index contributed by atoms with van der Waals surface area (Å²) in [5.74, 6) is -0.146. The van der Waals surface area contributed by atoms with Gasteiger partial charge in [0.2, 0.25) is 0 Å². The average molecular weight is 302 g/mol. The maximum Gasteiger partial charge on any atom is 0.274 e. The van der Waals surface area contributed by atoms with E-state index in [1.807, 2.05) is 6.92 Å². The molecule has 8 nitrogen and oxygen atoms in total. The highest BCUT2D eigenvalue weighted by Gasteiger charge is 2.26. The van der Waals surface area contributed by atoms with Gasteiger partial charge in [0.15, 0.2) is 0 Å². The number of rotatable bonds is 3. The SMILES string of the molecule is CCn1nc(C(=O)N2CCC[C@H](n3cncn3)C2)ccc1=O. The molecule has 1 fully saturated rings. The Morgan fingerprint density at radius 3 is 3.00 bits per heavy atom. The van der Waals surface area contributed by atoms with Crippen molar-refractivity contribution in [2.45, 2.75) is 32.4 Å². The van der Waals surface area contributed by atoms with Crippen LogP contribution in [0.3, 0.4) is 0 Å². The quantitative estimate of drug-likeness (QED) is 0.815. The Morgan fingerprint density at radius 1 is 1.41 bits per heavy atom. The van der Waals surface area contributed by atoms with Crippen LogP contribution in [0.2, 0.25) is 0 Å². The van der Waals surface area contributed by atoms with Gasteiger partial charge in [0.25, 0.3) is 11.5 Å². The van der Waals surface area contributed by atoms with Gasteiger partial charge in [-0.15, -0.1) is 0 Å². The second-order valence-electron chi connectivity index (χ2n) is 5.30. The molecule has 1 amide bonds. The molecule has 3 rings (SSSR count). The van der Waals surface area contributed by atoms with Gasteiger partial charge in [-0.1, -0.05) is 0 Å². The molecular formula is C14H18N6O2. The summed E-state index contributed by atoms with van der Waals surface area (Å²) in [7, 11) is 0. The number of aromatic nitrogens is 5. The minimum absolute atomic E-state index is 0.136. The lowest BCUT2D eigenvalue weighted by atomic mass is 10.1. The lowest BCUT2D eigenvalue weighted by Gasteiger charge is -2.32.